The SMILES string of the molecule is CC[C@@H](C)N(Cc1ccc(OS(=O)(=O)CC)cc1)C(=O)c1cccc(F)c1. The molecule has 0 fully saturated rings. The molecule has 0 saturated heterocycles. The number of hydrogen-bond donors (Lipinski definition) is 0. The average molecular weight is 393 g/mol. The van der Waals surface area contributed by atoms with Gasteiger partial charge in [0.2, 0.25) is 0 Å². The summed E-state index contributed by atoms with van der Waals surface area (Å²) < 4.78 is 41.5. The van der Waals surface area contributed by atoms with E-state index < -0.39 is 15.9 Å². The number of benzene rings is 2. The van der Waals surface area contributed by atoms with Crippen LogP contribution in [0.4, 0.5) is 4.39 Å². The number of hydrogen-bond acceptors (Lipinski definition) is 4. The van der Waals surface area contributed by atoms with Crippen LogP contribution in [0.5, 0.6) is 5.75 Å². The van der Waals surface area contributed by atoms with E-state index in [4.69, 9.17) is 4.18 Å². The Morgan fingerprint density at radius 2 is 1.81 bits per heavy atom. The molecule has 27 heavy (non-hydrogen) atoms. The van der Waals surface area contributed by atoms with Gasteiger partial charge in [-0.1, -0.05) is 25.1 Å². The molecule has 0 unspecified atom stereocenters. The molecule has 0 aliphatic heterocycles. The minimum atomic E-state index is -3.58. The van der Waals surface area contributed by atoms with Crippen molar-refractivity contribution in [3.8, 4) is 5.75 Å². The third-order valence-corrected chi connectivity index (χ3v) is 5.46. The van der Waals surface area contributed by atoms with Crippen molar-refractivity contribution in [2.75, 3.05) is 5.75 Å². The second kappa shape index (κ2) is 8.99. The van der Waals surface area contributed by atoms with Crippen LogP contribution in [0.3, 0.4) is 0 Å². The fraction of sp³-hybridized carbons (Fsp3) is 0.350. The van der Waals surface area contributed by atoms with Crippen LogP contribution >= 0.6 is 0 Å². The number of halogens is 1. The second-order valence-electron chi connectivity index (χ2n) is 6.27. The van der Waals surface area contributed by atoms with Crippen molar-refractivity contribution >= 4 is 16.0 Å². The third-order valence-electron chi connectivity index (χ3n) is 4.31. The molecule has 2 aromatic rings. The Balaban J connectivity index is 2.20. The van der Waals surface area contributed by atoms with Crippen molar-refractivity contribution in [1.82, 2.24) is 4.90 Å². The van der Waals surface area contributed by atoms with Crippen LogP contribution in [0, 0.1) is 5.82 Å². The first kappa shape index (κ1) is 20.9. The molecule has 7 heteroatoms. The van der Waals surface area contributed by atoms with Crippen molar-refractivity contribution in [3.63, 3.8) is 0 Å². The Hall–Kier alpha value is -2.41. The van der Waals surface area contributed by atoms with E-state index in [0.717, 1.165) is 12.0 Å². The fourth-order valence-corrected chi connectivity index (χ4v) is 3.01. The summed E-state index contributed by atoms with van der Waals surface area (Å²) in [5.41, 5.74) is 1.12. The maximum absolute atomic E-state index is 13.5. The van der Waals surface area contributed by atoms with Crippen molar-refractivity contribution in [2.45, 2.75) is 39.8 Å². The summed E-state index contributed by atoms with van der Waals surface area (Å²) in [7, 11) is -3.58. The van der Waals surface area contributed by atoms with Crippen LogP contribution in [0.1, 0.15) is 43.1 Å². The van der Waals surface area contributed by atoms with Gasteiger partial charge in [0.1, 0.15) is 11.6 Å². The van der Waals surface area contributed by atoms with Gasteiger partial charge in [0.25, 0.3) is 5.91 Å². The molecule has 0 spiro atoms. The number of amides is 1. The Morgan fingerprint density at radius 3 is 2.37 bits per heavy atom. The molecule has 0 saturated carbocycles. The first-order valence-corrected chi connectivity index (χ1v) is 10.4. The summed E-state index contributed by atoms with van der Waals surface area (Å²) in [5.74, 6) is -0.591. The van der Waals surface area contributed by atoms with Crippen LogP contribution < -0.4 is 4.18 Å². The molecule has 0 radical (unpaired) electrons. The molecule has 0 aromatic heterocycles. The molecule has 0 N–H and O–H groups in total. The van der Waals surface area contributed by atoms with E-state index >= 15 is 0 Å². The quantitative estimate of drug-likeness (QED) is 0.636. The summed E-state index contributed by atoms with van der Waals surface area (Å²) in [4.78, 5) is 14.5. The predicted molar refractivity (Wildman–Crippen MR) is 103 cm³/mol. The summed E-state index contributed by atoms with van der Waals surface area (Å²) in [5, 5.41) is 0. The summed E-state index contributed by atoms with van der Waals surface area (Å²) in [6, 6.07) is 12.1. The first-order valence-electron chi connectivity index (χ1n) is 8.83. The maximum atomic E-state index is 13.5. The van der Waals surface area contributed by atoms with Gasteiger partial charge in [-0.25, -0.2) is 4.39 Å². The fourth-order valence-electron chi connectivity index (χ4n) is 2.49. The van der Waals surface area contributed by atoms with Gasteiger partial charge in [-0.2, -0.15) is 8.42 Å². The number of carbonyl (C=O) groups excluding carboxylic acids is 1. The van der Waals surface area contributed by atoms with Crippen LogP contribution in [0.25, 0.3) is 0 Å². The lowest BCUT2D eigenvalue weighted by Crippen LogP contribution is -2.37. The topological polar surface area (TPSA) is 63.7 Å². The minimum absolute atomic E-state index is 0.0443. The largest absolute Gasteiger partial charge is 0.382 e. The highest BCUT2D eigenvalue weighted by Crippen LogP contribution is 2.19. The molecule has 2 aromatic carbocycles. The number of nitrogens with zero attached hydrogens (tertiary/aromatic N) is 1. The molecule has 5 nitrogen and oxygen atoms in total. The summed E-state index contributed by atoms with van der Waals surface area (Å²) in [6.07, 6.45) is 0.747. The van der Waals surface area contributed by atoms with Gasteiger partial charge in [-0.3, -0.25) is 4.79 Å². The van der Waals surface area contributed by atoms with E-state index in [1.54, 1.807) is 35.2 Å². The van der Waals surface area contributed by atoms with E-state index in [1.807, 2.05) is 13.8 Å². The van der Waals surface area contributed by atoms with Crippen LogP contribution in [-0.4, -0.2) is 31.0 Å². The van der Waals surface area contributed by atoms with Crippen molar-refractivity contribution in [2.24, 2.45) is 0 Å². The highest BCUT2D eigenvalue weighted by Gasteiger charge is 2.21. The van der Waals surface area contributed by atoms with E-state index in [9.17, 15) is 17.6 Å². The standard InChI is InChI=1S/C20H24FNO4S/c1-4-15(3)22(20(23)17-7-6-8-18(21)13-17)14-16-9-11-19(12-10-16)26-27(24,25)5-2/h6-13,15H,4-5,14H2,1-3H3/t15-/m1/s1. The van der Waals surface area contributed by atoms with Crippen LogP contribution in [0.2, 0.25) is 0 Å². The van der Waals surface area contributed by atoms with Gasteiger partial charge in [-0.15, -0.1) is 0 Å². The Morgan fingerprint density at radius 1 is 1.15 bits per heavy atom. The smallest absolute Gasteiger partial charge is 0.308 e. The molecular weight excluding hydrogens is 369 g/mol. The molecule has 146 valence electrons. The zero-order valence-corrected chi connectivity index (χ0v) is 16.5. The first-order chi connectivity index (χ1) is 12.8. The molecule has 0 aliphatic carbocycles. The van der Waals surface area contributed by atoms with E-state index in [0.29, 0.717) is 12.1 Å². The van der Waals surface area contributed by atoms with Gasteiger partial charge < -0.3 is 9.08 Å². The Labute approximate surface area is 159 Å². The number of rotatable bonds is 8. The highest BCUT2D eigenvalue weighted by molar-refractivity contribution is 7.87. The average Bonchev–Trinajstić information content (AvgIpc) is 2.66. The third kappa shape index (κ3) is 5.79. The van der Waals surface area contributed by atoms with E-state index in [2.05, 4.69) is 0 Å². The molecule has 0 heterocycles. The second-order valence-corrected chi connectivity index (χ2v) is 8.13. The van der Waals surface area contributed by atoms with E-state index in [-0.39, 0.29) is 23.5 Å². The molecule has 1 amide bonds. The van der Waals surface area contributed by atoms with Crippen LogP contribution in [-0.2, 0) is 16.7 Å². The van der Waals surface area contributed by atoms with Gasteiger partial charge in [0, 0.05) is 18.2 Å². The minimum Gasteiger partial charge on any atom is -0.382 e. The Bertz CT molecular complexity index is 881. The lowest BCUT2D eigenvalue weighted by molar-refractivity contribution is 0.0671. The number of carbonyl (C=O) groups is 1. The highest BCUT2D eigenvalue weighted by atomic mass is 32.2. The van der Waals surface area contributed by atoms with E-state index in [1.165, 1.54) is 25.1 Å². The molecule has 2 rings (SSSR count). The van der Waals surface area contributed by atoms with Crippen molar-refractivity contribution < 1.29 is 21.8 Å². The lowest BCUT2D eigenvalue weighted by atomic mass is 10.1. The van der Waals surface area contributed by atoms with Gasteiger partial charge in [0.15, 0.2) is 0 Å². The normalized spacial score (nSPS) is 12.4. The van der Waals surface area contributed by atoms with Crippen LogP contribution in [0.15, 0.2) is 48.5 Å². The molecule has 0 aliphatic rings. The van der Waals surface area contributed by atoms with Gasteiger partial charge in [-0.05, 0) is 56.2 Å². The lowest BCUT2D eigenvalue weighted by Gasteiger charge is -2.29. The summed E-state index contributed by atoms with van der Waals surface area (Å²) in [6.45, 7) is 5.74. The zero-order chi connectivity index (χ0) is 20.0. The van der Waals surface area contributed by atoms with Gasteiger partial charge >= 0.3 is 10.1 Å². The molecule has 0 bridgehead atoms. The zero-order valence-electron chi connectivity index (χ0n) is 15.7. The molecule has 1 atom stereocenters. The van der Waals surface area contributed by atoms with Crippen molar-refractivity contribution in [3.05, 3.63) is 65.5 Å². The monoisotopic (exact) mass is 393 g/mol. The molecular formula is C20H24FNO4S. The Kier molecular flexibility index (Phi) is 6.96. The summed E-state index contributed by atoms with van der Waals surface area (Å²) >= 11 is 0. The van der Waals surface area contributed by atoms with Gasteiger partial charge in [0.05, 0.1) is 5.75 Å². The predicted octanol–water partition coefficient (Wildman–Crippen LogP) is 4.00. The van der Waals surface area contributed by atoms with Crippen molar-refractivity contribution in [1.29, 1.82) is 0 Å². The maximum Gasteiger partial charge on any atom is 0.308 e.